The highest BCUT2D eigenvalue weighted by atomic mass is 16.5. The topological polar surface area (TPSA) is 72.8 Å². The Morgan fingerprint density at radius 1 is 1.15 bits per heavy atom. The van der Waals surface area contributed by atoms with Gasteiger partial charge in [-0.2, -0.15) is 0 Å². The van der Waals surface area contributed by atoms with E-state index in [9.17, 15) is 14.7 Å². The monoisotopic (exact) mass is 376 g/mol. The molecular formula is C22H32O5. The fraction of sp³-hybridized carbons (Fsp3) is 0.727. The van der Waals surface area contributed by atoms with Crippen molar-refractivity contribution in [2.24, 2.45) is 16.7 Å². The maximum absolute atomic E-state index is 13.4. The molecule has 1 N–H and O–H groups in total. The Morgan fingerprint density at radius 2 is 1.81 bits per heavy atom. The van der Waals surface area contributed by atoms with Crippen molar-refractivity contribution in [2.75, 3.05) is 14.2 Å². The number of ketones is 2. The average molecular weight is 376 g/mol. The molecule has 3 aliphatic rings. The molecule has 1 fully saturated rings. The summed E-state index contributed by atoms with van der Waals surface area (Å²) >= 11 is 0. The van der Waals surface area contributed by atoms with E-state index in [1.807, 2.05) is 19.9 Å². The summed E-state index contributed by atoms with van der Waals surface area (Å²) in [4.78, 5) is 25.9. The van der Waals surface area contributed by atoms with E-state index in [0.717, 1.165) is 11.1 Å². The van der Waals surface area contributed by atoms with Gasteiger partial charge in [0.15, 0.2) is 11.6 Å². The molecule has 0 aliphatic heterocycles. The van der Waals surface area contributed by atoms with Crippen molar-refractivity contribution in [3.8, 4) is 0 Å². The minimum atomic E-state index is -1.18. The molecule has 5 atom stereocenters. The van der Waals surface area contributed by atoms with E-state index in [-0.39, 0.29) is 29.7 Å². The van der Waals surface area contributed by atoms with E-state index < -0.39 is 16.9 Å². The number of rotatable bonds is 2. The summed E-state index contributed by atoms with van der Waals surface area (Å²) in [6.45, 7) is 7.95. The third-order valence-corrected chi connectivity index (χ3v) is 7.27. The molecule has 3 rings (SSSR count). The standard InChI is InChI=1S/C22H32O5/c1-12-16(26-5)10-14-17(27-6)9-13-11-22(4,8-7-15(13)23)20(25)19(24)18(12)21(14,2)3/h9,14,16-17,19,24H,7-8,10-11H2,1-6H3/b13-9+/t14-,16-,17-,19+,22+/m0/s1. The van der Waals surface area contributed by atoms with Gasteiger partial charge in [-0.1, -0.05) is 20.8 Å². The Balaban J connectivity index is 2.26. The number of carbonyl (C=O) groups is 2. The van der Waals surface area contributed by atoms with Gasteiger partial charge in [-0.3, -0.25) is 9.59 Å². The first-order valence-corrected chi connectivity index (χ1v) is 9.80. The number of methoxy groups -OCH3 is 2. The molecule has 0 aromatic carbocycles. The van der Waals surface area contributed by atoms with Gasteiger partial charge in [-0.25, -0.2) is 0 Å². The quantitative estimate of drug-likeness (QED) is 0.750. The van der Waals surface area contributed by atoms with Crippen molar-refractivity contribution < 1.29 is 24.2 Å². The van der Waals surface area contributed by atoms with Crippen LogP contribution < -0.4 is 0 Å². The first kappa shape index (κ1) is 20.4. The van der Waals surface area contributed by atoms with Crippen LogP contribution in [0, 0.1) is 16.7 Å². The SMILES string of the molecule is CO[C@H]1C[C@H]2[C@@H](OC)/C=C3\C[C@@](C)(CCC3=O)C(=O)[C@H](O)C(=C1C)C2(C)C. The van der Waals surface area contributed by atoms with Crippen LogP contribution in [0.3, 0.4) is 0 Å². The summed E-state index contributed by atoms with van der Waals surface area (Å²) in [6, 6.07) is 0. The number of Topliss-reactive ketones (excluding diaryl/α,β-unsaturated/α-hetero) is 2. The Bertz CT molecular complexity index is 716. The van der Waals surface area contributed by atoms with Gasteiger partial charge in [0, 0.05) is 32.0 Å². The smallest absolute Gasteiger partial charge is 0.171 e. The van der Waals surface area contributed by atoms with E-state index in [4.69, 9.17) is 9.47 Å². The fourth-order valence-electron chi connectivity index (χ4n) is 5.50. The highest BCUT2D eigenvalue weighted by molar-refractivity contribution is 6.00. The lowest BCUT2D eigenvalue weighted by Gasteiger charge is -2.49. The van der Waals surface area contributed by atoms with Crippen LogP contribution in [0.1, 0.15) is 53.4 Å². The third-order valence-electron chi connectivity index (χ3n) is 7.27. The van der Waals surface area contributed by atoms with Crippen molar-refractivity contribution in [1.29, 1.82) is 0 Å². The maximum atomic E-state index is 13.4. The Morgan fingerprint density at radius 3 is 2.41 bits per heavy atom. The van der Waals surface area contributed by atoms with Gasteiger partial charge in [-0.05, 0) is 54.4 Å². The Kier molecular flexibility index (Phi) is 5.26. The molecule has 0 aromatic heterocycles. The molecule has 3 aliphatic carbocycles. The molecule has 0 unspecified atom stereocenters. The lowest BCUT2D eigenvalue weighted by molar-refractivity contribution is -0.138. The van der Waals surface area contributed by atoms with E-state index in [1.165, 1.54) is 0 Å². The molecule has 27 heavy (non-hydrogen) atoms. The van der Waals surface area contributed by atoms with Gasteiger partial charge in [0.2, 0.25) is 0 Å². The first-order valence-electron chi connectivity index (χ1n) is 9.80. The van der Waals surface area contributed by atoms with Gasteiger partial charge >= 0.3 is 0 Å². The number of fused-ring (bicyclic) bond motifs is 4. The van der Waals surface area contributed by atoms with Gasteiger partial charge in [0.25, 0.3) is 0 Å². The van der Waals surface area contributed by atoms with E-state index in [0.29, 0.717) is 31.3 Å². The van der Waals surface area contributed by atoms with Crippen LogP contribution >= 0.6 is 0 Å². The van der Waals surface area contributed by atoms with Crippen LogP contribution in [-0.2, 0) is 19.1 Å². The molecule has 0 spiro atoms. The second-order valence-corrected chi connectivity index (χ2v) is 9.20. The zero-order valence-corrected chi connectivity index (χ0v) is 17.3. The number of carbonyl (C=O) groups excluding carboxylic acids is 2. The minimum absolute atomic E-state index is 0.0137. The van der Waals surface area contributed by atoms with Crippen molar-refractivity contribution in [3.05, 3.63) is 22.8 Å². The van der Waals surface area contributed by atoms with Gasteiger partial charge in [-0.15, -0.1) is 0 Å². The number of aliphatic hydroxyl groups is 1. The normalized spacial score (nSPS) is 41.2. The summed E-state index contributed by atoms with van der Waals surface area (Å²) < 4.78 is 11.5. The van der Waals surface area contributed by atoms with Crippen molar-refractivity contribution in [1.82, 2.24) is 0 Å². The molecule has 5 heteroatoms. The summed E-state index contributed by atoms with van der Waals surface area (Å²) in [5, 5.41) is 11.2. The van der Waals surface area contributed by atoms with E-state index in [1.54, 1.807) is 14.2 Å². The zero-order valence-electron chi connectivity index (χ0n) is 17.3. The fourth-order valence-corrected chi connectivity index (χ4v) is 5.50. The van der Waals surface area contributed by atoms with Crippen LogP contribution in [0.2, 0.25) is 0 Å². The molecular weight excluding hydrogens is 344 g/mol. The summed E-state index contributed by atoms with van der Waals surface area (Å²) in [5.41, 5.74) is 1.16. The molecule has 150 valence electrons. The lowest BCUT2D eigenvalue weighted by atomic mass is 9.57. The molecule has 0 heterocycles. The predicted molar refractivity (Wildman–Crippen MR) is 102 cm³/mol. The predicted octanol–water partition coefficient (Wildman–Crippen LogP) is 3.01. The number of aliphatic hydroxyl groups excluding tert-OH is 1. The van der Waals surface area contributed by atoms with E-state index >= 15 is 0 Å². The first-order chi connectivity index (χ1) is 12.6. The third kappa shape index (κ3) is 3.14. The lowest BCUT2D eigenvalue weighted by Crippen LogP contribution is -2.51. The Labute approximate surface area is 161 Å². The second kappa shape index (κ2) is 6.94. The van der Waals surface area contributed by atoms with Crippen LogP contribution in [-0.4, -0.2) is 49.2 Å². The van der Waals surface area contributed by atoms with Crippen molar-refractivity contribution >= 4 is 11.6 Å². The summed E-state index contributed by atoms with van der Waals surface area (Å²) in [5.74, 6) is -0.115. The van der Waals surface area contributed by atoms with Crippen molar-refractivity contribution in [2.45, 2.75) is 71.7 Å². The summed E-state index contributed by atoms with van der Waals surface area (Å²) in [6.07, 6.45) is 2.19. The Hall–Kier alpha value is -1.30. The van der Waals surface area contributed by atoms with Crippen molar-refractivity contribution in [3.63, 3.8) is 0 Å². The molecule has 0 aromatic rings. The zero-order chi connectivity index (χ0) is 20.1. The maximum Gasteiger partial charge on any atom is 0.171 e. The summed E-state index contributed by atoms with van der Waals surface area (Å²) in [7, 11) is 3.31. The molecule has 0 radical (unpaired) electrons. The van der Waals surface area contributed by atoms with Crippen LogP contribution in [0.25, 0.3) is 0 Å². The number of hydrogen-bond donors (Lipinski definition) is 1. The highest BCUT2D eigenvalue weighted by Crippen LogP contribution is 2.52. The number of hydrogen-bond acceptors (Lipinski definition) is 5. The molecule has 0 saturated heterocycles. The van der Waals surface area contributed by atoms with Gasteiger partial charge in [0.1, 0.15) is 6.10 Å². The van der Waals surface area contributed by atoms with Gasteiger partial charge < -0.3 is 14.6 Å². The van der Waals surface area contributed by atoms with E-state index in [2.05, 4.69) is 13.8 Å². The molecule has 1 saturated carbocycles. The average Bonchev–Trinajstić information content (AvgIpc) is 2.61. The number of allylic oxidation sites excluding steroid dienone is 1. The molecule has 5 nitrogen and oxygen atoms in total. The highest BCUT2D eigenvalue weighted by Gasteiger charge is 2.52. The van der Waals surface area contributed by atoms with Crippen LogP contribution in [0.15, 0.2) is 22.8 Å². The number of ether oxygens (including phenoxy) is 2. The minimum Gasteiger partial charge on any atom is -0.381 e. The van der Waals surface area contributed by atoms with Crippen LogP contribution in [0.5, 0.6) is 0 Å². The molecule has 0 amide bonds. The largest absolute Gasteiger partial charge is 0.381 e. The molecule has 4 bridgehead atoms. The second-order valence-electron chi connectivity index (χ2n) is 9.20. The van der Waals surface area contributed by atoms with Crippen LogP contribution in [0.4, 0.5) is 0 Å². The van der Waals surface area contributed by atoms with Gasteiger partial charge in [0.05, 0.1) is 12.2 Å².